The van der Waals surface area contributed by atoms with Gasteiger partial charge in [0.15, 0.2) is 0 Å². The van der Waals surface area contributed by atoms with E-state index in [0.717, 1.165) is 28.8 Å². The van der Waals surface area contributed by atoms with E-state index in [1.807, 2.05) is 24.3 Å². The van der Waals surface area contributed by atoms with Crippen LogP contribution in [0.5, 0.6) is 0 Å². The van der Waals surface area contributed by atoms with E-state index < -0.39 is 0 Å². The molecule has 0 aliphatic carbocycles. The van der Waals surface area contributed by atoms with Crippen LogP contribution in [-0.4, -0.2) is 12.4 Å². The fourth-order valence-electron chi connectivity index (χ4n) is 1.09. The van der Waals surface area contributed by atoms with Crippen LogP contribution in [0.2, 0.25) is 0 Å². The highest BCUT2D eigenvalue weighted by molar-refractivity contribution is 9.10. The Morgan fingerprint density at radius 1 is 1.50 bits per heavy atom. The number of aliphatic imine (C=N–C) groups is 1. The maximum atomic E-state index is 5.41. The number of halogens is 1. The predicted octanol–water partition coefficient (Wildman–Crippen LogP) is 2.07. The van der Waals surface area contributed by atoms with Gasteiger partial charge in [-0.25, -0.2) is 5.84 Å². The molecule has 1 rings (SSSR count). The van der Waals surface area contributed by atoms with Crippen molar-refractivity contribution in [2.75, 3.05) is 6.54 Å². The highest BCUT2D eigenvalue weighted by Gasteiger charge is 2.04. The Morgan fingerprint density at radius 3 is 2.79 bits per heavy atom. The minimum Gasteiger partial charge on any atom is -0.308 e. The second-order valence-electron chi connectivity index (χ2n) is 2.85. The molecule has 0 bridgehead atoms. The molecule has 0 unspecified atom stereocenters. The molecule has 1 aromatic carbocycles. The van der Waals surface area contributed by atoms with Crippen LogP contribution in [0.25, 0.3) is 0 Å². The summed E-state index contributed by atoms with van der Waals surface area (Å²) in [6, 6.07) is 7.85. The van der Waals surface area contributed by atoms with E-state index in [1.54, 1.807) is 0 Å². The Labute approximate surface area is 92.5 Å². The maximum absolute atomic E-state index is 5.41. The lowest BCUT2D eigenvalue weighted by Gasteiger charge is -2.07. The van der Waals surface area contributed by atoms with Gasteiger partial charge in [0, 0.05) is 16.6 Å². The highest BCUT2D eigenvalue weighted by atomic mass is 79.9. The van der Waals surface area contributed by atoms with Crippen molar-refractivity contribution in [2.24, 2.45) is 10.8 Å². The van der Waals surface area contributed by atoms with Gasteiger partial charge in [-0.2, -0.15) is 0 Å². The van der Waals surface area contributed by atoms with Gasteiger partial charge in [-0.05, 0) is 12.5 Å². The summed E-state index contributed by atoms with van der Waals surface area (Å²) >= 11 is 3.45. The van der Waals surface area contributed by atoms with Crippen molar-refractivity contribution < 1.29 is 0 Å². The van der Waals surface area contributed by atoms with E-state index in [1.165, 1.54) is 0 Å². The number of amidine groups is 1. The fourth-order valence-corrected chi connectivity index (χ4v) is 1.56. The molecule has 0 radical (unpaired) electrons. The zero-order valence-corrected chi connectivity index (χ0v) is 9.71. The van der Waals surface area contributed by atoms with Crippen molar-refractivity contribution in [3.63, 3.8) is 0 Å². The number of nitrogens with one attached hydrogen (secondary N) is 1. The minimum atomic E-state index is 0.722. The molecule has 14 heavy (non-hydrogen) atoms. The molecule has 4 heteroatoms. The third-order valence-electron chi connectivity index (χ3n) is 1.76. The van der Waals surface area contributed by atoms with E-state index in [-0.39, 0.29) is 0 Å². The Bertz CT molecular complexity index is 323. The summed E-state index contributed by atoms with van der Waals surface area (Å²) in [4.78, 5) is 4.34. The van der Waals surface area contributed by atoms with Gasteiger partial charge in [0.1, 0.15) is 5.84 Å². The van der Waals surface area contributed by atoms with Crippen molar-refractivity contribution in [1.29, 1.82) is 0 Å². The first kappa shape index (κ1) is 11.2. The Kier molecular flexibility index (Phi) is 4.62. The molecular formula is C10H14BrN3. The third kappa shape index (κ3) is 2.82. The molecule has 3 nitrogen and oxygen atoms in total. The number of hydrogen-bond donors (Lipinski definition) is 2. The van der Waals surface area contributed by atoms with Crippen LogP contribution in [-0.2, 0) is 0 Å². The summed E-state index contributed by atoms with van der Waals surface area (Å²) in [5.74, 6) is 6.13. The number of rotatable bonds is 3. The topological polar surface area (TPSA) is 50.4 Å². The molecule has 0 spiro atoms. The van der Waals surface area contributed by atoms with E-state index in [9.17, 15) is 0 Å². The lowest BCUT2D eigenvalue weighted by Crippen LogP contribution is -2.31. The molecule has 0 saturated heterocycles. The van der Waals surface area contributed by atoms with Gasteiger partial charge in [-0.15, -0.1) is 0 Å². The van der Waals surface area contributed by atoms with Gasteiger partial charge in [0.05, 0.1) is 0 Å². The lowest BCUT2D eigenvalue weighted by atomic mass is 10.2. The van der Waals surface area contributed by atoms with Gasteiger partial charge in [-0.3, -0.25) is 4.99 Å². The number of nitrogens with two attached hydrogens (primary N) is 1. The summed E-state index contributed by atoms with van der Waals surface area (Å²) in [6.45, 7) is 2.86. The van der Waals surface area contributed by atoms with Crippen LogP contribution in [0.4, 0.5) is 0 Å². The van der Waals surface area contributed by atoms with Gasteiger partial charge >= 0.3 is 0 Å². The summed E-state index contributed by atoms with van der Waals surface area (Å²) in [5, 5.41) is 0. The van der Waals surface area contributed by atoms with E-state index in [2.05, 4.69) is 33.3 Å². The first-order valence-electron chi connectivity index (χ1n) is 4.55. The number of hydrogen-bond acceptors (Lipinski definition) is 2. The van der Waals surface area contributed by atoms with Gasteiger partial charge in [-0.1, -0.05) is 41.1 Å². The standard InChI is InChI=1S/C10H14BrN3/c1-2-7-13-10(14-12)8-5-3-4-6-9(8)11/h3-6H,2,7,12H2,1H3,(H,13,14). The first-order valence-corrected chi connectivity index (χ1v) is 5.34. The third-order valence-corrected chi connectivity index (χ3v) is 2.45. The van der Waals surface area contributed by atoms with Crippen LogP contribution < -0.4 is 11.3 Å². The van der Waals surface area contributed by atoms with Gasteiger partial charge < -0.3 is 5.43 Å². The van der Waals surface area contributed by atoms with Crippen molar-refractivity contribution >= 4 is 21.8 Å². The molecule has 0 atom stereocenters. The second kappa shape index (κ2) is 5.78. The van der Waals surface area contributed by atoms with Gasteiger partial charge in [0.25, 0.3) is 0 Å². The minimum absolute atomic E-state index is 0.722. The summed E-state index contributed by atoms with van der Waals surface area (Å²) in [6.07, 6.45) is 1.01. The van der Waals surface area contributed by atoms with Crippen molar-refractivity contribution in [3.8, 4) is 0 Å². The van der Waals surface area contributed by atoms with Crippen LogP contribution in [0.15, 0.2) is 33.7 Å². The monoisotopic (exact) mass is 255 g/mol. The molecule has 0 aliphatic rings. The normalized spacial score (nSPS) is 11.5. The van der Waals surface area contributed by atoms with E-state index in [4.69, 9.17) is 5.84 Å². The average Bonchev–Trinajstić information content (AvgIpc) is 2.21. The van der Waals surface area contributed by atoms with Crippen LogP contribution in [0.1, 0.15) is 18.9 Å². The molecule has 0 aromatic heterocycles. The van der Waals surface area contributed by atoms with Crippen LogP contribution in [0, 0.1) is 0 Å². The Balaban J connectivity index is 2.95. The molecule has 0 saturated carbocycles. The molecule has 0 amide bonds. The second-order valence-corrected chi connectivity index (χ2v) is 3.71. The summed E-state index contributed by atoms with van der Waals surface area (Å²) in [7, 11) is 0. The van der Waals surface area contributed by atoms with Crippen molar-refractivity contribution in [1.82, 2.24) is 5.43 Å². The maximum Gasteiger partial charge on any atom is 0.143 e. The molecule has 0 fully saturated rings. The quantitative estimate of drug-likeness (QED) is 0.376. The summed E-state index contributed by atoms with van der Waals surface area (Å²) in [5.41, 5.74) is 3.60. The van der Waals surface area contributed by atoms with Gasteiger partial charge in [0.2, 0.25) is 0 Å². The molecular weight excluding hydrogens is 242 g/mol. The number of nitrogens with zero attached hydrogens (tertiary/aromatic N) is 1. The highest BCUT2D eigenvalue weighted by Crippen LogP contribution is 2.15. The molecule has 76 valence electrons. The predicted molar refractivity (Wildman–Crippen MR) is 63.2 cm³/mol. The fraction of sp³-hybridized carbons (Fsp3) is 0.300. The Hall–Kier alpha value is -0.870. The van der Waals surface area contributed by atoms with Crippen LogP contribution >= 0.6 is 15.9 Å². The molecule has 1 aromatic rings. The van der Waals surface area contributed by atoms with Crippen molar-refractivity contribution in [2.45, 2.75) is 13.3 Å². The lowest BCUT2D eigenvalue weighted by molar-refractivity contribution is 0.907. The zero-order valence-electron chi connectivity index (χ0n) is 8.13. The largest absolute Gasteiger partial charge is 0.308 e. The van der Waals surface area contributed by atoms with E-state index in [0.29, 0.717) is 0 Å². The smallest absolute Gasteiger partial charge is 0.143 e. The number of hydrazine groups is 1. The van der Waals surface area contributed by atoms with E-state index >= 15 is 0 Å². The summed E-state index contributed by atoms with van der Waals surface area (Å²) < 4.78 is 0.993. The molecule has 0 heterocycles. The van der Waals surface area contributed by atoms with Crippen LogP contribution in [0.3, 0.4) is 0 Å². The zero-order chi connectivity index (χ0) is 10.4. The molecule has 3 N–H and O–H groups in total. The van der Waals surface area contributed by atoms with Crippen molar-refractivity contribution in [3.05, 3.63) is 34.3 Å². The first-order chi connectivity index (χ1) is 6.79. The Morgan fingerprint density at radius 2 is 2.21 bits per heavy atom. The SMILES string of the molecule is CCCN=C(NN)c1ccccc1Br. The molecule has 0 aliphatic heterocycles. The average molecular weight is 256 g/mol. The number of benzene rings is 1.